The number of hydrogen-bond acceptors (Lipinski definition) is 5. The first kappa shape index (κ1) is 15.5. The Kier molecular flexibility index (Phi) is 4.70. The molecule has 1 amide bonds. The summed E-state index contributed by atoms with van der Waals surface area (Å²) in [4.78, 5) is 17.4. The molecule has 0 aliphatic carbocycles. The third-order valence-corrected chi connectivity index (χ3v) is 7.93. The van der Waals surface area contributed by atoms with Crippen molar-refractivity contribution < 1.29 is 4.79 Å². The number of nitrogens with zero attached hydrogens (tertiary/aromatic N) is 1. The highest BCUT2D eigenvalue weighted by molar-refractivity contribution is 9.13. The molecule has 1 aromatic carbocycles. The minimum atomic E-state index is -0.111. The molecule has 0 unspecified atom stereocenters. The lowest BCUT2D eigenvalue weighted by Gasteiger charge is -2.02. The molecule has 0 aliphatic rings. The van der Waals surface area contributed by atoms with Crippen molar-refractivity contribution in [2.45, 2.75) is 4.34 Å². The zero-order valence-corrected chi connectivity index (χ0v) is 16.3. The van der Waals surface area contributed by atoms with Crippen LogP contribution in [0.5, 0.6) is 0 Å². The summed E-state index contributed by atoms with van der Waals surface area (Å²) in [7, 11) is 0. The molecular formula is C13H8Br2N2OS3. The van der Waals surface area contributed by atoms with Crippen LogP contribution in [0.3, 0.4) is 0 Å². The summed E-state index contributed by atoms with van der Waals surface area (Å²) in [6.07, 6.45) is 2.01. The molecule has 0 radical (unpaired) electrons. The number of hydrogen-bond donors (Lipinski definition) is 1. The third kappa shape index (κ3) is 3.34. The summed E-state index contributed by atoms with van der Waals surface area (Å²) in [6.45, 7) is 0. The fourth-order valence-corrected chi connectivity index (χ4v) is 5.18. The summed E-state index contributed by atoms with van der Waals surface area (Å²) in [5, 5.41) is 2.92. The molecule has 3 rings (SSSR count). The molecule has 8 heteroatoms. The van der Waals surface area contributed by atoms with E-state index in [1.165, 1.54) is 11.3 Å². The van der Waals surface area contributed by atoms with Gasteiger partial charge < -0.3 is 5.32 Å². The van der Waals surface area contributed by atoms with Crippen molar-refractivity contribution in [3.05, 3.63) is 37.4 Å². The number of nitrogens with one attached hydrogen (secondary N) is 1. The minimum absolute atomic E-state index is 0.111. The molecule has 2 heterocycles. The predicted molar refractivity (Wildman–Crippen MR) is 99.1 cm³/mol. The fourth-order valence-electron chi connectivity index (χ4n) is 1.72. The lowest BCUT2D eigenvalue weighted by molar-refractivity contribution is 0.103. The van der Waals surface area contributed by atoms with Gasteiger partial charge in [0.25, 0.3) is 5.91 Å². The van der Waals surface area contributed by atoms with Crippen molar-refractivity contribution in [1.29, 1.82) is 0 Å². The number of halogens is 2. The Morgan fingerprint density at radius 1 is 1.29 bits per heavy atom. The average molecular weight is 464 g/mol. The quantitative estimate of drug-likeness (QED) is 0.494. The first-order chi connectivity index (χ1) is 10.1. The van der Waals surface area contributed by atoms with Crippen LogP contribution in [-0.4, -0.2) is 17.1 Å². The van der Waals surface area contributed by atoms with Gasteiger partial charge in [-0.3, -0.25) is 4.79 Å². The molecule has 108 valence electrons. The Hall–Kier alpha value is -0.410. The van der Waals surface area contributed by atoms with Crippen LogP contribution in [-0.2, 0) is 0 Å². The van der Waals surface area contributed by atoms with Crippen LogP contribution >= 0.6 is 66.3 Å². The number of thiazole rings is 1. The van der Waals surface area contributed by atoms with Crippen LogP contribution in [0.25, 0.3) is 10.2 Å². The van der Waals surface area contributed by atoms with E-state index in [1.807, 2.05) is 24.5 Å². The van der Waals surface area contributed by atoms with Gasteiger partial charge in [-0.2, -0.15) is 0 Å². The molecule has 0 fully saturated rings. The van der Waals surface area contributed by atoms with Crippen LogP contribution < -0.4 is 5.32 Å². The number of rotatable bonds is 3. The van der Waals surface area contributed by atoms with Crippen molar-refractivity contribution in [1.82, 2.24) is 4.98 Å². The van der Waals surface area contributed by atoms with E-state index < -0.39 is 0 Å². The molecule has 0 atom stereocenters. The van der Waals surface area contributed by atoms with Crippen molar-refractivity contribution in [2.24, 2.45) is 0 Å². The first-order valence-corrected chi connectivity index (χ1v) is 10.2. The van der Waals surface area contributed by atoms with Crippen molar-refractivity contribution in [3.8, 4) is 0 Å². The normalized spacial score (nSPS) is 11.0. The van der Waals surface area contributed by atoms with Gasteiger partial charge in [0, 0.05) is 10.2 Å². The predicted octanol–water partition coefficient (Wildman–Crippen LogP) is 5.86. The van der Waals surface area contributed by atoms with Gasteiger partial charge in [0.05, 0.1) is 18.9 Å². The number of benzene rings is 1. The lowest BCUT2D eigenvalue weighted by Crippen LogP contribution is -2.09. The van der Waals surface area contributed by atoms with Crippen molar-refractivity contribution >= 4 is 88.1 Å². The van der Waals surface area contributed by atoms with Gasteiger partial charge in [-0.15, -0.1) is 22.7 Å². The number of thioether (sulfide) groups is 1. The van der Waals surface area contributed by atoms with E-state index in [0.717, 1.165) is 28.5 Å². The topological polar surface area (TPSA) is 42.0 Å². The summed E-state index contributed by atoms with van der Waals surface area (Å²) in [6, 6.07) is 7.58. The molecule has 0 spiro atoms. The molecule has 0 aliphatic heterocycles. The monoisotopic (exact) mass is 462 g/mol. The molecule has 3 aromatic rings. The summed E-state index contributed by atoms with van der Waals surface area (Å²) < 4.78 is 3.90. The SMILES string of the molecule is CSc1nc2ccc(NC(=O)c3cc(Br)c(Br)s3)cc2s1. The van der Waals surface area contributed by atoms with Crippen molar-refractivity contribution in [2.75, 3.05) is 11.6 Å². The molecule has 3 nitrogen and oxygen atoms in total. The van der Waals surface area contributed by atoms with E-state index in [9.17, 15) is 4.79 Å². The van der Waals surface area contributed by atoms with E-state index >= 15 is 0 Å². The smallest absolute Gasteiger partial charge is 0.265 e. The maximum Gasteiger partial charge on any atom is 0.265 e. The largest absolute Gasteiger partial charge is 0.321 e. The summed E-state index contributed by atoms with van der Waals surface area (Å²) in [5.74, 6) is -0.111. The van der Waals surface area contributed by atoms with Gasteiger partial charge in [0.1, 0.15) is 0 Å². The van der Waals surface area contributed by atoms with E-state index in [4.69, 9.17) is 0 Å². The highest BCUT2D eigenvalue weighted by Gasteiger charge is 2.13. The number of amides is 1. The molecular weight excluding hydrogens is 456 g/mol. The molecule has 21 heavy (non-hydrogen) atoms. The Balaban J connectivity index is 1.85. The van der Waals surface area contributed by atoms with E-state index in [2.05, 4.69) is 42.2 Å². The molecule has 2 aromatic heterocycles. The summed E-state index contributed by atoms with van der Waals surface area (Å²) in [5.41, 5.74) is 1.74. The number of fused-ring (bicyclic) bond motifs is 1. The molecule has 0 bridgehead atoms. The molecule has 1 N–H and O–H groups in total. The zero-order valence-electron chi connectivity index (χ0n) is 10.6. The van der Waals surface area contributed by atoms with Crippen LogP contribution in [0.2, 0.25) is 0 Å². The average Bonchev–Trinajstić information content (AvgIpc) is 3.02. The Labute approximate surface area is 150 Å². The van der Waals surface area contributed by atoms with E-state index in [-0.39, 0.29) is 5.91 Å². The summed E-state index contributed by atoms with van der Waals surface area (Å²) >= 11 is 11.4. The maximum absolute atomic E-state index is 12.2. The Morgan fingerprint density at radius 3 is 2.76 bits per heavy atom. The maximum atomic E-state index is 12.2. The van der Waals surface area contributed by atoms with Gasteiger partial charge >= 0.3 is 0 Å². The van der Waals surface area contributed by atoms with E-state index in [1.54, 1.807) is 29.2 Å². The Morgan fingerprint density at radius 2 is 2.10 bits per heavy atom. The lowest BCUT2D eigenvalue weighted by atomic mass is 10.3. The standard InChI is InChI=1S/C13H8Br2N2OS3/c1-19-13-17-8-3-2-6(4-9(8)21-13)16-12(18)10-5-7(14)11(15)20-10/h2-5H,1H3,(H,16,18). The number of thiophene rings is 1. The van der Waals surface area contributed by atoms with Gasteiger partial charge in [0.15, 0.2) is 4.34 Å². The first-order valence-electron chi connectivity index (χ1n) is 5.77. The second-order valence-corrected chi connectivity index (χ2v) is 9.36. The van der Waals surface area contributed by atoms with Gasteiger partial charge in [0.2, 0.25) is 0 Å². The van der Waals surface area contributed by atoms with Crippen LogP contribution in [0.1, 0.15) is 9.67 Å². The molecule has 0 saturated heterocycles. The molecule has 0 saturated carbocycles. The number of aromatic nitrogens is 1. The number of carbonyl (C=O) groups excluding carboxylic acids is 1. The van der Waals surface area contributed by atoms with Crippen LogP contribution in [0.15, 0.2) is 36.9 Å². The third-order valence-electron chi connectivity index (χ3n) is 2.67. The second-order valence-electron chi connectivity index (χ2n) is 4.05. The highest BCUT2D eigenvalue weighted by Crippen LogP contribution is 2.33. The van der Waals surface area contributed by atoms with Gasteiger partial charge in [-0.25, -0.2) is 4.98 Å². The van der Waals surface area contributed by atoms with Gasteiger partial charge in [-0.05, 0) is 62.4 Å². The Bertz CT molecular complexity index is 809. The number of carbonyl (C=O) groups is 1. The fraction of sp³-hybridized carbons (Fsp3) is 0.0769. The van der Waals surface area contributed by atoms with Crippen molar-refractivity contribution in [3.63, 3.8) is 0 Å². The van der Waals surface area contributed by atoms with Crippen LogP contribution in [0.4, 0.5) is 5.69 Å². The zero-order chi connectivity index (χ0) is 15.0. The minimum Gasteiger partial charge on any atom is -0.321 e. The number of anilines is 1. The highest BCUT2D eigenvalue weighted by atomic mass is 79.9. The van der Waals surface area contributed by atoms with Gasteiger partial charge in [-0.1, -0.05) is 11.8 Å². The van der Waals surface area contributed by atoms with E-state index in [0.29, 0.717) is 4.88 Å². The van der Waals surface area contributed by atoms with Crippen LogP contribution in [0, 0.1) is 0 Å². The second kappa shape index (κ2) is 6.37.